The lowest BCUT2D eigenvalue weighted by molar-refractivity contribution is 0.331. The summed E-state index contributed by atoms with van der Waals surface area (Å²) in [4.78, 5) is 11.8. The van der Waals surface area contributed by atoms with Gasteiger partial charge in [0.05, 0.1) is 11.9 Å². The minimum absolute atomic E-state index is 0.290. The van der Waals surface area contributed by atoms with Crippen LogP contribution in [0.1, 0.15) is 5.56 Å². The average molecular weight is 318 g/mol. The highest BCUT2D eigenvalue weighted by atomic mass is 35.5. The molecule has 0 N–H and O–H groups in total. The second-order valence-corrected chi connectivity index (χ2v) is 6.07. The molecule has 106 valence electrons. The van der Waals surface area contributed by atoms with Crippen molar-refractivity contribution in [2.45, 2.75) is 6.54 Å². The topological polar surface area (TPSA) is 38.2 Å². The lowest BCUT2D eigenvalue weighted by Crippen LogP contribution is -2.26. The number of halogens is 1. The molecule has 1 aliphatic heterocycles. The third kappa shape index (κ3) is 2.32. The molecule has 0 amide bonds. The summed E-state index contributed by atoms with van der Waals surface area (Å²) in [5.74, 6) is 1.83. The van der Waals surface area contributed by atoms with Crippen LogP contribution in [-0.2, 0) is 6.54 Å². The Balaban J connectivity index is 1.80. The summed E-state index contributed by atoms with van der Waals surface area (Å²) in [6, 6.07) is 10.2. The van der Waals surface area contributed by atoms with E-state index in [4.69, 9.17) is 16.3 Å². The van der Waals surface area contributed by atoms with Crippen LogP contribution < -0.4 is 9.64 Å². The standard InChI is InChI=1S/C15H12ClN3OS/c16-15-17-13(11-5-8-21-14(11)18-15)19-6-7-20-12-4-2-1-3-10(12)9-19/h1-5,8H,6-7,9H2. The van der Waals surface area contributed by atoms with Crippen LogP contribution in [0.25, 0.3) is 10.2 Å². The average Bonchev–Trinajstić information content (AvgIpc) is 2.84. The normalized spacial score (nSPS) is 14.6. The number of fused-ring (bicyclic) bond motifs is 2. The van der Waals surface area contributed by atoms with Crippen molar-refractivity contribution in [2.75, 3.05) is 18.1 Å². The first-order chi connectivity index (χ1) is 10.3. The fourth-order valence-corrected chi connectivity index (χ4v) is 3.54. The van der Waals surface area contributed by atoms with Gasteiger partial charge in [-0.25, -0.2) is 4.98 Å². The molecule has 4 nitrogen and oxygen atoms in total. The van der Waals surface area contributed by atoms with E-state index in [0.29, 0.717) is 11.9 Å². The van der Waals surface area contributed by atoms with Gasteiger partial charge < -0.3 is 9.64 Å². The number of para-hydroxylation sites is 1. The Morgan fingerprint density at radius 3 is 3.05 bits per heavy atom. The molecule has 0 fully saturated rings. The van der Waals surface area contributed by atoms with Gasteiger partial charge in [0.25, 0.3) is 0 Å². The van der Waals surface area contributed by atoms with Gasteiger partial charge in [0.2, 0.25) is 5.28 Å². The van der Waals surface area contributed by atoms with Gasteiger partial charge in [0, 0.05) is 12.1 Å². The van der Waals surface area contributed by atoms with Crippen molar-refractivity contribution in [1.29, 1.82) is 0 Å². The van der Waals surface area contributed by atoms with E-state index in [0.717, 1.165) is 40.4 Å². The maximum atomic E-state index is 6.07. The van der Waals surface area contributed by atoms with Crippen molar-refractivity contribution in [3.63, 3.8) is 0 Å². The third-order valence-corrected chi connectivity index (χ3v) is 4.51. The number of benzene rings is 1. The fraction of sp³-hybridized carbons (Fsp3) is 0.200. The van der Waals surface area contributed by atoms with Crippen LogP contribution in [0.4, 0.5) is 5.82 Å². The Kier molecular flexibility index (Phi) is 3.16. The van der Waals surface area contributed by atoms with E-state index in [9.17, 15) is 0 Å². The van der Waals surface area contributed by atoms with Gasteiger partial charge in [-0.1, -0.05) is 18.2 Å². The lowest BCUT2D eigenvalue weighted by atomic mass is 10.2. The molecule has 0 aliphatic carbocycles. The van der Waals surface area contributed by atoms with Crippen molar-refractivity contribution in [3.05, 3.63) is 46.6 Å². The number of hydrogen-bond donors (Lipinski definition) is 0. The molecule has 0 unspecified atom stereocenters. The summed E-state index contributed by atoms with van der Waals surface area (Å²) in [6.07, 6.45) is 0. The van der Waals surface area contributed by atoms with E-state index in [1.165, 1.54) is 0 Å². The van der Waals surface area contributed by atoms with Gasteiger partial charge in [-0.3, -0.25) is 0 Å². The fourth-order valence-electron chi connectivity index (χ4n) is 2.56. The van der Waals surface area contributed by atoms with Crippen molar-refractivity contribution in [1.82, 2.24) is 9.97 Å². The molecule has 1 aliphatic rings. The Morgan fingerprint density at radius 2 is 2.10 bits per heavy atom. The molecule has 0 bridgehead atoms. The van der Waals surface area contributed by atoms with E-state index in [-0.39, 0.29) is 0 Å². The molecule has 21 heavy (non-hydrogen) atoms. The van der Waals surface area contributed by atoms with Gasteiger partial charge in [-0.2, -0.15) is 4.98 Å². The molecule has 3 aromatic rings. The molecule has 0 saturated heterocycles. The molecule has 2 aromatic heterocycles. The number of hydrogen-bond acceptors (Lipinski definition) is 5. The minimum Gasteiger partial charge on any atom is -0.491 e. The van der Waals surface area contributed by atoms with Crippen LogP contribution in [0.15, 0.2) is 35.7 Å². The molecule has 0 spiro atoms. The zero-order valence-electron chi connectivity index (χ0n) is 11.1. The molecule has 1 aromatic carbocycles. The summed E-state index contributed by atoms with van der Waals surface area (Å²) in [5.41, 5.74) is 1.16. The minimum atomic E-state index is 0.290. The first-order valence-corrected chi connectivity index (χ1v) is 7.93. The van der Waals surface area contributed by atoms with Crippen molar-refractivity contribution in [2.24, 2.45) is 0 Å². The number of rotatable bonds is 1. The van der Waals surface area contributed by atoms with E-state index in [1.54, 1.807) is 11.3 Å². The Bertz CT molecular complexity index is 804. The van der Waals surface area contributed by atoms with Crippen molar-refractivity contribution in [3.8, 4) is 5.75 Å². The van der Waals surface area contributed by atoms with Gasteiger partial charge in [0.1, 0.15) is 23.0 Å². The van der Waals surface area contributed by atoms with Crippen LogP contribution in [0.2, 0.25) is 5.28 Å². The number of thiophene rings is 1. The Hall–Kier alpha value is -1.85. The molecule has 0 saturated carbocycles. The lowest BCUT2D eigenvalue weighted by Gasteiger charge is -2.21. The first kappa shape index (κ1) is 12.9. The van der Waals surface area contributed by atoms with E-state index in [2.05, 4.69) is 20.9 Å². The number of anilines is 1. The maximum Gasteiger partial charge on any atom is 0.225 e. The Morgan fingerprint density at radius 1 is 1.19 bits per heavy atom. The summed E-state index contributed by atoms with van der Waals surface area (Å²) < 4.78 is 5.81. The summed E-state index contributed by atoms with van der Waals surface area (Å²) in [7, 11) is 0. The van der Waals surface area contributed by atoms with Gasteiger partial charge >= 0.3 is 0 Å². The van der Waals surface area contributed by atoms with Crippen LogP contribution in [0, 0.1) is 0 Å². The molecule has 0 radical (unpaired) electrons. The largest absolute Gasteiger partial charge is 0.491 e. The molecule has 0 atom stereocenters. The highest BCUT2D eigenvalue weighted by Gasteiger charge is 2.19. The quantitative estimate of drug-likeness (QED) is 0.641. The van der Waals surface area contributed by atoms with Crippen LogP contribution in [-0.4, -0.2) is 23.1 Å². The Labute approximate surface area is 131 Å². The van der Waals surface area contributed by atoms with Crippen LogP contribution in [0.5, 0.6) is 5.75 Å². The smallest absolute Gasteiger partial charge is 0.225 e. The SMILES string of the molecule is Clc1nc(N2CCOc3ccccc3C2)c2ccsc2n1. The van der Waals surface area contributed by atoms with Gasteiger partial charge in [0.15, 0.2) is 0 Å². The molecular weight excluding hydrogens is 306 g/mol. The number of nitrogens with zero attached hydrogens (tertiary/aromatic N) is 3. The predicted octanol–water partition coefficient (Wildman–Crippen LogP) is 3.74. The van der Waals surface area contributed by atoms with Crippen LogP contribution >= 0.6 is 22.9 Å². The summed E-state index contributed by atoms with van der Waals surface area (Å²) in [5, 5.41) is 3.35. The third-order valence-electron chi connectivity index (χ3n) is 3.53. The summed E-state index contributed by atoms with van der Waals surface area (Å²) >= 11 is 7.64. The summed E-state index contributed by atoms with van der Waals surface area (Å²) in [6.45, 7) is 2.16. The number of aromatic nitrogens is 2. The maximum absolute atomic E-state index is 6.07. The monoisotopic (exact) mass is 317 g/mol. The predicted molar refractivity (Wildman–Crippen MR) is 85.4 cm³/mol. The first-order valence-electron chi connectivity index (χ1n) is 6.68. The highest BCUT2D eigenvalue weighted by Crippen LogP contribution is 2.32. The van der Waals surface area contributed by atoms with Crippen molar-refractivity contribution >= 4 is 39.0 Å². The zero-order chi connectivity index (χ0) is 14.2. The van der Waals surface area contributed by atoms with E-state index >= 15 is 0 Å². The second kappa shape index (κ2) is 5.16. The van der Waals surface area contributed by atoms with Gasteiger partial charge in [-0.05, 0) is 29.1 Å². The zero-order valence-corrected chi connectivity index (χ0v) is 12.7. The molecule has 4 rings (SSSR count). The van der Waals surface area contributed by atoms with E-state index < -0.39 is 0 Å². The second-order valence-electron chi connectivity index (χ2n) is 4.83. The van der Waals surface area contributed by atoms with Gasteiger partial charge in [-0.15, -0.1) is 11.3 Å². The molecule has 6 heteroatoms. The van der Waals surface area contributed by atoms with Crippen LogP contribution in [0.3, 0.4) is 0 Å². The van der Waals surface area contributed by atoms with Crippen molar-refractivity contribution < 1.29 is 4.74 Å². The molecular formula is C15H12ClN3OS. The van der Waals surface area contributed by atoms with E-state index in [1.807, 2.05) is 29.6 Å². The molecule has 3 heterocycles. The number of ether oxygens (including phenoxy) is 1. The highest BCUT2D eigenvalue weighted by molar-refractivity contribution is 7.16.